The van der Waals surface area contributed by atoms with Gasteiger partial charge in [-0.25, -0.2) is 0 Å². The number of nitrogens with two attached hydrogens (primary N) is 2. The van der Waals surface area contributed by atoms with Crippen molar-refractivity contribution in [1.82, 2.24) is 0 Å². The molecule has 5 heteroatoms. The van der Waals surface area contributed by atoms with Crippen molar-refractivity contribution >= 4 is 17.5 Å². The number of rotatable bonds is 3. The summed E-state index contributed by atoms with van der Waals surface area (Å²) in [6.07, 6.45) is 4.96. The lowest BCUT2D eigenvalue weighted by atomic mass is 9.94. The molecular weight excluding hydrogens is 266 g/mol. The molecule has 0 radical (unpaired) electrons. The molecule has 1 aliphatic carbocycles. The van der Waals surface area contributed by atoms with Crippen LogP contribution in [0.1, 0.15) is 48.0 Å². The highest BCUT2D eigenvalue weighted by Crippen LogP contribution is 2.25. The van der Waals surface area contributed by atoms with Gasteiger partial charge in [-0.05, 0) is 37.5 Å². The number of carbonyl (C=O) groups is 2. The molecule has 0 aliphatic heterocycles. The topological polar surface area (TPSA) is 98.2 Å². The van der Waals surface area contributed by atoms with Crippen molar-refractivity contribution in [2.45, 2.75) is 45.1 Å². The van der Waals surface area contributed by atoms with Gasteiger partial charge in [0.05, 0.1) is 5.92 Å². The molecule has 5 N–H and O–H groups in total. The Kier molecular flexibility index (Phi) is 4.96. The summed E-state index contributed by atoms with van der Waals surface area (Å²) in [5, 5.41) is 2.91. The molecule has 2 atom stereocenters. The van der Waals surface area contributed by atoms with Crippen LogP contribution in [0.5, 0.6) is 0 Å². The summed E-state index contributed by atoms with van der Waals surface area (Å²) < 4.78 is 0. The van der Waals surface area contributed by atoms with Crippen molar-refractivity contribution in [3.63, 3.8) is 0 Å². The first-order valence-electron chi connectivity index (χ1n) is 7.46. The van der Waals surface area contributed by atoms with Crippen molar-refractivity contribution in [3.05, 3.63) is 29.3 Å². The molecule has 21 heavy (non-hydrogen) atoms. The van der Waals surface area contributed by atoms with E-state index in [0.29, 0.717) is 16.8 Å². The highest BCUT2D eigenvalue weighted by atomic mass is 16.2. The Hall–Kier alpha value is -1.88. The van der Waals surface area contributed by atoms with Crippen LogP contribution in [0, 0.1) is 12.8 Å². The van der Waals surface area contributed by atoms with Gasteiger partial charge >= 0.3 is 0 Å². The maximum atomic E-state index is 12.5. The highest BCUT2D eigenvalue weighted by Gasteiger charge is 2.27. The maximum absolute atomic E-state index is 12.5. The first-order valence-corrected chi connectivity index (χ1v) is 7.46. The van der Waals surface area contributed by atoms with Gasteiger partial charge < -0.3 is 16.8 Å². The van der Waals surface area contributed by atoms with Crippen LogP contribution < -0.4 is 16.8 Å². The van der Waals surface area contributed by atoms with Crippen LogP contribution in [-0.4, -0.2) is 17.9 Å². The Morgan fingerprint density at radius 2 is 1.90 bits per heavy atom. The molecule has 1 fully saturated rings. The molecule has 1 aromatic carbocycles. The third-order valence-corrected chi connectivity index (χ3v) is 4.26. The summed E-state index contributed by atoms with van der Waals surface area (Å²) >= 11 is 0. The Bertz CT molecular complexity index is 542. The Morgan fingerprint density at radius 3 is 2.62 bits per heavy atom. The smallest absolute Gasteiger partial charge is 0.249 e. The number of hydrogen-bond donors (Lipinski definition) is 3. The molecule has 114 valence electrons. The molecule has 0 saturated heterocycles. The molecule has 0 spiro atoms. The quantitative estimate of drug-likeness (QED) is 0.741. The van der Waals surface area contributed by atoms with Gasteiger partial charge in [-0.2, -0.15) is 0 Å². The third kappa shape index (κ3) is 3.61. The second-order valence-electron chi connectivity index (χ2n) is 5.74. The van der Waals surface area contributed by atoms with Crippen LogP contribution in [0.15, 0.2) is 18.2 Å². The molecule has 0 aromatic heterocycles. The minimum absolute atomic E-state index is 0.0610. The summed E-state index contributed by atoms with van der Waals surface area (Å²) in [6.45, 7) is 1.78. The SMILES string of the molecule is Cc1c(NC(=O)C2CCCCCC2N)cccc1C(N)=O. The van der Waals surface area contributed by atoms with E-state index in [4.69, 9.17) is 11.5 Å². The number of hydrogen-bond acceptors (Lipinski definition) is 3. The number of nitrogens with one attached hydrogen (secondary N) is 1. The standard InChI is InChI=1S/C16H23N3O2/c1-10-11(15(18)20)7-5-9-14(10)19-16(21)12-6-3-2-4-8-13(12)17/h5,7,9,12-13H,2-4,6,8,17H2,1H3,(H2,18,20)(H,19,21). The van der Waals surface area contributed by atoms with Crippen LogP contribution in [0.4, 0.5) is 5.69 Å². The van der Waals surface area contributed by atoms with Crippen LogP contribution in [0.2, 0.25) is 0 Å². The summed E-state index contributed by atoms with van der Waals surface area (Å²) in [5.74, 6) is -0.715. The molecular formula is C16H23N3O2. The summed E-state index contributed by atoms with van der Waals surface area (Å²) in [5.41, 5.74) is 13.2. The summed E-state index contributed by atoms with van der Waals surface area (Å²) in [4.78, 5) is 23.8. The molecule has 2 unspecified atom stereocenters. The van der Waals surface area contributed by atoms with Gasteiger partial charge in [0, 0.05) is 17.3 Å². The average Bonchev–Trinajstić information content (AvgIpc) is 2.65. The van der Waals surface area contributed by atoms with Gasteiger partial charge in [-0.15, -0.1) is 0 Å². The largest absolute Gasteiger partial charge is 0.366 e. The maximum Gasteiger partial charge on any atom is 0.249 e. The molecule has 5 nitrogen and oxygen atoms in total. The van der Waals surface area contributed by atoms with Crippen molar-refractivity contribution in [2.75, 3.05) is 5.32 Å². The van der Waals surface area contributed by atoms with Gasteiger partial charge in [-0.3, -0.25) is 9.59 Å². The lowest BCUT2D eigenvalue weighted by Gasteiger charge is -2.21. The van der Waals surface area contributed by atoms with E-state index in [9.17, 15) is 9.59 Å². The zero-order valence-electron chi connectivity index (χ0n) is 12.4. The van der Waals surface area contributed by atoms with E-state index in [1.807, 2.05) is 0 Å². The number of carbonyl (C=O) groups excluding carboxylic acids is 2. The molecule has 1 aliphatic rings. The summed E-state index contributed by atoms with van der Waals surface area (Å²) in [6, 6.07) is 5.06. The number of primary amides is 1. The van der Waals surface area contributed by atoms with E-state index < -0.39 is 5.91 Å². The van der Waals surface area contributed by atoms with Crippen molar-refractivity contribution < 1.29 is 9.59 Å². The minimum Gasteiger partial charge on any atom is -0.366 e. The van der Waals surface area contributed by atoms with Gasteiger partial charge in [0.25, 0.3) is 0 Å². The molecule has 0 bridgehead atoms. The van der Waals surface area contributed by atoms with Crippen molar-refractivity contribution in [1.29, 1.82) is 0 Å². The lowest BCUT2D eigenvalue weighted by molar-refractivity contribution is -0.120. The van der Waals surface area contributed by atoms with Crippen molar-refractivity contribution in [3.8, 4) is 0 Å². The predicted octanol–water partition coefficient (Wildman–Crippen LogP) is 1.94. The average molecular weight is 289 g/mol. The molecule has 2 amide bonds. The van der Waals surface area contributed by atoms with Gasteiger partial charge in [0.1, 0.15) is 0 Å². The predicted molar refractivity (Wildman–Crippen MR) is 82.9 cm³/mol. The van der Waals surface area contributed by atoms with Crippen LogP contribution in [0.25, 0.3) is 0 Å². The fourth-order valence-electron chi connectivity index (χ4n) is 2.93. The van der Waals surface area contributed by atoms with Gasteiger partial charge in [0.2, 0.25) is 11.8 Å². The molecule has 1 saturated carbocycles. The van der Waals surface area contributed by atoms with Gasteiger partial charge in [0.15, 0.2) is 0 Å². The Morgan fingerprint density at radius 1 is 1.19 bits per heavy atom. The third-order valence-electron chi connectivity index (χ3n) is 4.26. The first kappa shape index (κ1) is 15.5. The van der Waals surface area contributed by atoms with E-state index in [1.54, 1.807) is 25.1 Å². The zero-order chi connectivity index (χ0) is 15.4. The molecule has 1 aromatic rings. The lowest BCUT2D eigenvalue weighted by Crippen LogP contribution is -2.38. The monoisotopic (exact) mass is 289 g/mol. The van der Waals surface area contributed by atoms with E-state index in [2.05, 4.69) is 5.32 Å². The van der Waals surface area contributed by atoms with E-state index in [-0.39, 0.29) is 17.9 Å². The number of amides is 2. The van der Waals surface area contributed by atoms with Crippen LogP contribution >= 0.6 is 0 Å². The fourth-order valence-corrected chi connectivity index (χ4v) is 2.93. The minimum atomic E-state index is -0.491. The normalized spacial score (nSPS) is 22.4. The second kappa shape index (κ2) is 6.72. The number of benzene rings is 1. The Balaban J connectivity index is 2.15. The second-order valence-corrected chi connectivity index (χ2v) is 5.74. The van der Waals surface area contributed by atoms with Gasteiger partial charge in [-0.1, -0.05) is 25.3 Å². The van der Waals surface area contributed by atoms with Crippen molar-refractivity contribution in [2.24, 2.45) is 17.4 Å². The van der Waals surface area contributed by atoms with Crippen LogP contribution in [0.3, 0.4) is 0 Å². The summed E-state index contributed by atoms with van der Waals surface area (Å²) in [7, 11) is 0. The zero-order valence-corrected chi connectivity index (χ0v) is 12.4. The first-order chi connectivity index (χ1) is 10.0. The fraction of sp³-hybridized carbons (Fsp3) is 0.500. The molecule has 2 rings (SSSR count). The molecule has 0 heterocycles. The van der Waals surface area contributed by atoms with Crippen LogP contribution in [-0.2, 0) is 4.79 Å². The number of anilines is 1. The highest BCUT2D eigenvalue weighted by molar-refractivity contribution is 5.99. The van der Waals surface area contributed by atoms with E-state index in [1.165, 1.54) is 0 Å². The Labute approximate surface area is 125 Å². The van der Waals surface area contributed by atoms with E-state index in [0.717, 1.165) is 32.1 Å². The van der Waals surface area contributed by atoms with E-state index >= 15 is 0 Å².